The van der Waals surface area contributed by atoms with E-state index in [0.29, 0.717) is 5.11 Å². The fourth-order valence-electron chi connectivity index (χ4n) is 4.53. The first kappa shape index (κ1) is 23.7. The highest BCUT2D eigenvalue weighted by Crippen LogP contribution is 2.42. The Kier molecular flexibility index (Phi) is 6.75. The zero-order valence-electron chi connectivity index (χ0n) is 20.0. The number of amides is 1. The first-order valence-electron chi connectivity index (χ1n) is 11.6. The number of nitrogens with one attached hydrogen (secondary N) is 2. The van der Waals surface area contributed by atoms with E-state index in [-0.39, 0.29) is 24.6 Å². The molecule has 4 aromatic rings. The molecule has 8 nitrogen and oxygen atoms in total. The molecule has 3 aromatic heterocycles. The van der Waals surface area contributed by atoms with E-state index in [9.17, 15) is 4.79 Å². The lowest BCUT2D eigenvalue weighted by molar-refractivity contribution is -0.119. The van der Waals surface area contributed by atoms with E-state index in [0.717, 1.165) is 34.1 Å². The van der Waals surface area contributed by atoms with Crippen LogP contribution in [-0.4, -0.2) is 39.3 Å². The highest BCUT2D eigenvalue weighted by atomic mass is 32.1. The molecule has 4 heterocycles. The highest BCUT2D eigenvalue weighted by molar-refractivity contribution is 7.80. The van der Waals surface area contributed by atoms with Crippen molar-refractivity contribution in [3.05, 3.63) is 102 Å². The van der Waals surface area contributed by atoms with Crippen molar-refractivity contribution in [1.82, 2.24) is 19.9 Å². The molecule has 0 saturated carbocycles. The first-order valence-corrected chi connectivity index (χ1v) is 12.0. The largest absolute Gasteiger partial charge is 0.375 e. The van der Waals surface area contributed by atoms with Gasteiger partial charge in [-0.05, 0) is 79.3 Å². The number of pyridine rings is 2. The summed E-state index contributed by atoms with van der Waals surface area (Å²) in [5.74, 6) is 0.621. The third-order valence-corrected chi connectivity index (χ3v) is 6.43. The molecule has 2 N–H and O–H groups in total. The zero-order valence-corrected chi connectivity index (χ0v) is 20.8. The maximum atomic E-state index is 12.0. The molecule has 0 aliphatic carbocycles. The lowest BCUT2D eigenvalue weighted by Gasteiger charge is -2.29. The Balaban J connectivity index is 1.58. The summed E-state index contributed by atoms with van der Waals surface area (Å²) in [5.41, 5.74) is 4.47. The quantitative estimate of drug-likeness (QED) is 0.367. The van der Waals surface area contributed by atoms with Crippen molar-refractivity contribution in [3.63, 3.8) is 0 Å². The molecule has 5 rings (SSSR count). The number of aromatic nitrogens is 3. The van der Waals surface area contributed by atoms with Gasteiger partial charge in [-0.15, -0.1) is 0 Å². The van der Waals surface area contributed by atoms with E-state index in [1.54, 1.807) is 12.4 Å². The molecule has 0 spiro atoms. The average molecular weight is 499 g/mol. The predicted molar refractivity (Wildman–Crippen MR) is 143 cm³/mol. The van der Waals surface area contributed by atoms with Crippen LogP contribution >= 0.6 is 12.2 Å². The molecule has 1 aromatic carbocycles. The van der Waals surface area contributed by atoms with Crippen LogP contribution in [0.1, 0.15) is 29.0 Å². The van der Waals surface area contributed by atoms with Crippen molar-refractivity contribution < 1.29 is 9.53 Å². The van der Waals surface area contributed by atoms with Crippen LogP contribution in [0.15, 0.2) is 85.3 Å². The van der Waals surface area contributed by atoms with Gasteiger partial charge in [0, 0.05) is 42.8 Å². The third kappa shape index (κ3) is 4.58. The van der Waals surface area contributed by atoms with Crippen molar-refractivity contribution in [2.24, 2.45) is 0 Å². The molecule has 1 aliphatic heterocycles. The van der Waals surface area contributed by atoms with E-state index in [1.807, 2.05) is 73.8 Å². The van der Waals surface area contributed by atoms with Gasteiger partial charge in [-0.1, -0.05) is 12.1 Å². The fraction of sp³-hybridized carbons (Fsp3) is 0.185. The molecule has 9 heteroatoms. The number of hydrogen-bond acceptors (Lipinski definition) is 5. The van der Waals surface area contributed by atoms with Gasteiger partial charge < -0.3 is 24.8 Å². The molecular formula is C27H26N6O2S. The number of benzene rings is 1. The van der Waals surface area contributed by atoms with Gasteiger partial charge >= 0.3 is 0 Å². The molecule has 0 radical (unpaired) electrons. The van der Waals surface area contributed by atoms with Gasteiger partial charge in [0.25, 0.3) is 0 Å². The van der Waals surface area contributed by atoms with Gasteiger partial charge in [-0.25, -0.2) is 4.98 Å². The van der Waals surface area contributed by atoms with Crippen LogP contribution in [0.4, 0.5) is 11.4 Å². The van der Waals surface area contributed by atoms with E-state index in [4.69, 9.17) is 17.0 Å². The summed E-state index contributed by atoms with van der Waals surface area (Å²) in [7, 11) is 1.50. The number of aryl methyl sites for hydroxylation is 1. The number of nitrogens with zero attached hydrogens (tertiary/aromatic N) is 4. The Bertz CT molecular complexity index is 1380. The minimum atomic E-state index is -0.201. The summed E-state index contributed by atoms with van der Waals surface area (Å²) in [4.78, 5) is 23.3. The third-order valence-electron chi connectivity index (χ3n) is 6.12. The van der Waals surface area contributed by atoms with E-state index >= 15 is 0 Å². The van der Waals surface area contributed by atoms with Gasteiger partial charge in [0.15, 0.2) is 5.11 Å². The van der Waals surface area contributed by atoms with Gasteiger partial charge in [0.2, 0.25) is 5.91 Å². The van der Waals surface area contributed by atoms with Crippen LogP contribution in [-0.2, 0) is 9.53 Å². The van der Waals surface area contributed by atoms with Crippen LogP contribution in [0.25, 0.3) is 5.82 Å². The van der Waals surface area contributed by atoms with E-state index < -0.39 is 0 Å². The first-order chi connectivity index (χ1) is 17.6. The van der Waals surface area contributed by atoms with Crippen molar-refractivity contribution >= 4 is 34.6 Å². The molecule has 1 amide bonds. The number of anilines is 2. The summed E-state index contributed by atoms with van der Waals surface area (Å²) >= 11 is 5.87. The van der Waals surface area contributed by atoms with Gasteiger partial charge in [0.1, 0.15) is 18.5 Å². The van der Waals surface area contributed by atoms with Crippen molar-refractivity contribution in [3.8, 4) is 5.82 Å². The normalized spacial score (nSPS) is 17.2. The molecule has 1 fully saturated rings. The number of thiocarbonyl (C=S) groups is 1. The molecule has 1 saturated heterocycles. The maximum Gasteiger partial charge on any atom is 0.250 e. The number of carbonyl (C=O) groups excluding carboxylic acids is 1. The molecule has 0 bridgehead atoms. The Labute approximate surface area is 215 Å². The average Bonchev–Trinajstić information content (AvgIpc) is 3.51. The predicted octanol–water partition coefficient (Wildman–Crippen LogP) is 4.34. The van der Waals surface area contributed by atoms with Crippen LogP contribution in [0.5, 0.6) is 0 Å². The summed E-state index contributed by atoms with van der Waals surface area (Å²) in [6.07, 6.45) is 5.58. The fourth-order valence-corrected chi connectivity index (χ4v) is 4.87. The Morgan fingerprint density at radius 1 is 1.08 bits per heavy atom. The second-order valence-corrected chi connectivity index (χ2v) is 8.85. The smallest absolute Gasteiger partial charge is 0.250 e. The van der Waals surface area contributed by atoms with Crippen LogP contribution in [0, 0.1) is 6.92 Å². The van der Waals surface area contributed by atoms with Crippen LogP contribution < -0.4 is 15.5 Å². The van der Waals surface area contributed by atoms with E-state index in [2.05, 4.69) is 36.1 Å². The Morgan fingerprint density at radius 3 is 2.58 bits per heavy atom. The topological polar surface area (TPSA) is 84.3 Å². The Hall–Kier alpha value is -4.08. The molecule has 36 heavy (non-hydrogen) atoms. The lowest BCUT2D eigenvalue weighted by atomic mass is 10.0. The number of hydrogen-bond donors (Lipinski definition) is 2. The van der Waals surface area contributed by atoms with E-state index in [1.165, 1.54) is 7.11 Å². The second-order valence-electron chi connectivity index (χ2n) is 8.47. The van der Waals surface area contributed by atoms with Gasteiger partial charge in [-0.3, -0.25) is 9.78 Å². The SMILES string of the molecule is COCC(=O)Nc1ccc(N2C(=S)N[C@@H](c3ccccn3)[C@H]2c2cccn2-c2ccccn2)cc1C. The number of ether oxygens (including phenoxy) is 1. The molecule has 1 aliphatic rings. The monoisotopic (exact) mass is 498 g/mol. The van der Waals surface area contributed by atoms with Gasteiger partial charge in [-0.2, -0.15) is 0 Å². The molecule has 182 valence electrons. The number of methoxy groups -OCH3 is 1. The zero-order chi connectivity index (χ0) is 25.1. The van der Waals surface area contributed by atoms with Crippen molar-refractivity contribution in [2.45, 2.75) is 19.0 Å². The Morgan fingerprint density at radius 2 is 1.89 bits per heavy atom. The summed E-state index contributed by atoms with van der Waals surface area (Å²) in [6.45, 7) is 1.96. The molecular weight excluding hydrogens is 472 g/mol. The molecule has 2 atom stereocenters. The minimum absolute atomic E-state index is 0.000334. The highest BCUT2D eigenvalue weighted by Gasteiger charge is 2.42. The standard InChI is InChI=1S/C27H26N6O2S/c1-18-16-19(11-12-20(18)30-24(34)17-35-2)33-26(25(31-27(33)36)21-8-3-5-13-28-21)22-9-7-15-32(22)23-10-4-6-14-29-23/h3-16,25-26H,17H2,1-2H3,(H,30,34)(H,31,36)/t25-,26+/m0/s1. The summed E-state index contributed by atoms with van der Waals surface area (Å²) in [6, 6.07) is 21.3. The summed E-state index contributed by atoms with van der Waals surface area (Å²) < 4.78 is 7.01. The maximum absolute atomic E-state index is 12.0. The second kappa shape index (κ2) is 10.3. The van der Waals surface area contributed by atoms with Gasteiger partial charge in [0.05, 0.1) is 11.7 Å². The molecule has 0 unspecified atom stereocenters. The van der Waals surface area contributed by atoms with Crippen LogP contribution in [0.2, 0.25) is 0 Å². The van der Waals surface area contributed by atoms with Crippen molar-refractivity contribution in [2.75, 3.05) is 23.9 Å². The minimum Gasteiger partial charge on any atom is -0.375 e. The number of carbonyl (C=O) groups is 1. The van der Waals surface area contributed by atoms with Crippen LogP contribution in [0.3, 0.4) is 0 Å². The number of rotatable bonds is 7. The lowest BCUT2D eigenvalue weighted by Crippen LogP contribution is -2.30. The van der Waals surface area contributed by atoms with Crippen molar-refractivity contribution in [1.29, 1.82) is 0 Å². The summed E-state index contributed by atoms with van der Waals surface area (Å²) in [5, 5.41) is 6.98.